The van der Waals surface area contributed by atoms with E-state index in [0.29, 0.717) is 0 Å². The van der Waals surface area contributed by atoms with Crippen LogP contribution in [0.4, 0.5) is 8.78 Å². The van der Waals surface area contributed by atoms with Crippen LogP contribution in [0.3, 0.4) is 0 Å². The van der Waals surface area contributed by atoms with Gasteiger partial charge in [0.1, 0.15) is 17.7 Å². The van der Waals surface area contributed by atoms with Gasteiger partial charge in [0.25, 0.3) is 0 Å². The Bertz CT molecular complexity index is 406. The summed E-state index contributed by atoms with van der Waals surface area (Å²) in [6.45, 7) is 1.37. The second-order valence-corrected chi connectivity index (χ2v) is 3.80. The van der Waals surface area contributed by atoms with Crippen molar-refractivity contribution in [3.8, 4) is 0 Å². The molecule has 0 radical (unpaired) electrons. The van der Waals surface area contributed by atoms with Crippen molar-refractivity contribution < 1.29 is 23.4 Å². The maximum Gasteiger partial charge on any atom is 0.322 e. The zero-order valence-electron chi connectivity index (χ0n) is 10.1. The van der Waals surface area contributed by atoms with Crippen molar-refractivity contribution in [3.63, 3.8) is 0 Å². The van der Waals surface area contributed by atoms with Crippen LogP contribution in [0.2, 0.25) is 0 Å². The molecular weight excluding hydrogens is 244 g/mol. The highest BCUT2D eigenvalue weighted by molar-refractivity contribution is 5.75. The van der Waals surface area contributed by atoms with Gasteiger partial charge in [-0.2, -0.15) is 0 Å². The highest BCUT2D eigenvalue weighted by atomic mass is 19.1. The summed E-state index contributed by atoms with van der Waals surface area (Å²) in [7, 11) is 1.23. The van der Waals surface area contributed by atoms with Crippen LogP contribution in [0.25, 0.3) is 0 Å². The van der Waals surface area contributed by atoms with E-state index >= 15 is 0 Å². The molecule has 0 saturated carbocycles. The molecule has 1 aromatic carbocycles. The summed E-state index contributed by atoms with van der Waals surface area (Å²) in [5.41, 5.74) is -0.415. The number of esters is 1. The fourth-order valence-electron chi connectivity index (χ4n) is 1.48. The molecular formula is C12H15F2NO3. The number of hydrogen-bond acceptors (Lipinski definition) is 4. The first-order valence-corrected chi connectivity index (χ1v) is 5.40. The summed E-state index contributed by atoms with van der Waals surface area (Å²) in [5, 5.41) is 12.3. The maximum atomic E-state index is 13.3. The topological polar surface area (TPSA) is 58.6 Å². The minimum atomic E-state index is -1.38. The number of methoxy groups -OCH3 is 1. The molecule has 0 aromatic heterocycles. The third-order valence-electron chi connectivity index (χ3n) is 2.51. The molecule has 0 amide bonds. The van der Waals surface area contributed by atoms with Crippen LogP contribution in [-0.4, -0.2) is 30.8 Å². The Morgan fingerprint density at radius 3 is 2.50 bits per heavy atom. The first-order chi connectivity index (χ1) is 8.47. The Morgan fingerprint density at radius 2 is 2.00 bits per heavy atom. The zero-order valence-corrected chi connectivity index (χ0v) is 10.1. The molecule has 1 aromatic rings. The molecule has 100 valence electrons. The minimum absolute atomic E-state index is 0.159. The molecule has 4 nitrogen and oxygen atoms in total. The van der Waals surface area contributed by atoms with Crippen molar-refractivity contribution >= 4 is 5.97 Å². The summed E-state index contributed by atoms with van der Waals surface area (Å²) in [5.74, 6) is -2.17. The van der Waals surface area contributed by atoms with Crippen LogP contribution in [0.1, 0.15) is 18.6 Å². The standard InChI is InChI=1S/C12H15F2NO3/c1-7(12(17)18-2)15-6-10(16)11-8(13)4-3-5-9(11)14/h3-5,7,10,15-16H,6H2,1-2H3. The number of carbonyl (C=O) groups excluding carboxylic acids is 1. The van der Waals surface area contributed by atoms with Gasteiger partial charge in [-0.1, -0.05) is 6.07 Å². The quantitative estimate of drug-likeness (QED) is 0.779. The van der Waals surface area contributed by atoms with Gasteiger partial charge in [0.05, 0.1) is 18.8 Å². The summed E-state index contributed by atoms with van der Waals surface area (Å²) >= 11 is 0. The van der Waals surface area contributed by atoms with Gasteiger partial charge >= 0.3 is 5.97 Å². The number of rotatable bonds is 5. The van der Waals surface area contributed by atoms with E-state index in [-0.39, 0.29) is 6.54 Å². The Kier molecular flexibility index (Phi) is 5.18. The third-order valence-corrected chi connectivity index (χ3v) is 2.51. The molecule has 6 heteroatoms. The summed E-state index contributed by atoms with van der Waals surface area (Å²) in [6, 6.07) is 2.67. The van der Waals surface area contributed by atoms with Gasteiger partial charge in [-0.05, 0) is 19.1 Å². The Labute approximate surface area is 104 Å². The number of aliphatic hydroxyl groups is 1. The van der Waals surface area contributed by atoms with E-state index < -0.39 is 35.3 Å². The molecule has 0 aliphatic heterocycles. The first kappa shape index (κ1) is 14.5. The van der Waals surface area contributed by atoms with Crippen molar-refractivity contribution in [3.05, 3.63) is 35.4 Å². The minimum Gasteiger partial charge on any atom is -0.468 e. The predicted octanol–water partition coefficient (Wildman–Crippen LogP) is 1.15. The van der Waals surface area contributed by atoms with E-state index in [1.165, 1.54) is 20.1 Å². The van der Waals surface area contributed by atoms with Crippen LogP contribution in [0.5, 0.6) is 0 Å². The van der Waals surface area contributed by atoms with Crippen molar-refractivity contribution in [1.82, 2.24) is 5.32 Å². The number of carbonyl (C=O) groups is 1. The summed E-state index contributed by atoms with van der Waals surface area (Å²) in [4.78, 5) is 11.1. The fourth-order valence-corrected chi connectivity index (χ4v) is 1.48. The fraction of sp³-hybridized carbons (Fsp3) is 0.417. The molecule has 2 unspecified atom stereocenters. The van der Waals surface area contributed by atoms with Gasteiger partial charge in [-0.15, -0.1) is 0 Å². The lowest BCUT2D eigenvalue weighted by Gasteiger charge is -2.16. The SMILES string of the molecule is COC(=O)C(C)NCC(O)c1c(F)cccc1F. The van der Waals surface area contributed by atoms with Crippen molar-refractivity contribution in [2.45, 2.75) is 19.1 Å². The van der Waals surface area contributed by atoms with Gasteiger partial charge in [-0.3, -0.25) is 4.79 Å². The smallest absolute Gasteiger partial charge is 0.322 e. The average Bonchev–Trinajstić information content (AvgIpc) is 2.34. The van der Waals surface area contributed by atoms with E-state index in [1.54, 1.807) is 0 Å². The largest absolute Gasteiger partial charge is 0.468 e. The summed E-state index contributed by atoms with van der Waals surface area (Å²) in [6.07, 6.45) is -1.38. The van der Waals surface area contributed by atoms with Crippen LogP contribution in [-0.2, 0) is 9.53 Å². The lowest BCUT2D eigenvalue weighted by atomic mass is 10.1. The lowest BCUT2D eigenvalue weighted by Crippen LogP contribution is -2.37. The van der Waals surface area contributed by atoms with Gasteiger partial charge in [0, 0.05) is 6.54 Å². The number of ether oxygens (including phenoxy) is 1. The normalized spacial score (nSPS) is 14.1. The molecule has 2 N–H and O–H groups in total. The Balaban J connectivity index is 2.66. The van der Waals surface area contributed by atoms with Gasteiger partial charge < -0.3 is 15.2 Å². The molecule has 1 rings (SSSR count). The molecule has 0 bridgehead atoms. The van der Waals surface area contributed by atoms with Gasteiger partial charge in [-0.25, -0.2) is 8.78 Å². The van der Waals surface area contributed by atoms with Crippen LogP contribution in [0, 0.1) is 11.6 Å². The second kappa shape index (κ2) is 6.42. The monoisotopic (exact) mass is 259 g/mol. The molecule has 0 aliphatic carbocycles. The first-order valence-electron chi connectivity index (χ1n) is 5.40. The van der Waals surface area contributed by atoms with Crippen molar-refractivity contribution in [2.24, 2.45) is 0 Å². The number of aliphatic hydroxyl groups excluding tert-OH is 1. The highest BCUT2D eigenvalue weighted by Gasteiger charge is 2.20. The molecule has 0 aliphatic rings. The number of benzene rings is 1. The molecule has 0 saturated heterocycles. The van der Waals surface area contributed by atoms with E-state index in [9.17, 15) is 18.7 Å². The predicted molar refractivity (Wildman–Crippen MR) is 60.8 cm³/mol. The van der Waals surface area contributed by atoms with E-state index in [1.807, 2.05) is 0 Å². The molecule has 0 fully saturated rings. The average molecular weight is 259 g/mol. The summed E-state index contributed by atoms with van der Waals surface area (Å²) < 4.78 is 31.1. The van der Waals surface area contributed by atoms with Gasteiger partial charge in [0.15, 0.2) is 0 Å². The maximum absolute atomic E-state index is 13.3. The van der Waals surface area contributed by atoms with Crippen molar-refractivity contribution in [2.75, 3.05) is 13.7 Å². The number of nitrogens with one attached hydrogen (secondary N) is 1. The lowest BCUT2D eigenvalue weighted by molar-refractivity contribution is -0.142. The van der Waals surface area contributed by atoms with Crippen LogP contribution in [0.15, 0.2) is 18.2 Å². The van der Waals surface area contributed by atoms with Crippen LogP contribution < -0.4 is 5.32 Å². The molecule has 18 heavy (non-hydrogen) atoms. The highest BCUT2D eigenvalue weighted by Crippen LogP contribution is 2.19. The molecule has 0 spiro atoms. The van der Waals surface area contributed by atoms with Gasteiger partial charge in [0.2, 0.25) is 0 Å². The molecule has 2 atom stereocenters. The van der Waals surface area contributed by atoms with E-state index in [2.05, 4.69) is 10.1 Å². The van der Waals surface area contributed by atoms with Crippen molar-refractivity contribution in [1.29, 1.82) is 0 Å². The number of halogens is 2. The second-order valence-electron chi connectivity index (χ2n) is 3.80. The molecule has 0 heterocycles. The third kappa shape index (κ3) is 3.48. The van der Waals surface area contributed by atoms with E-state index in [4.69, 9.17) is 0 Å². The number of hydrogen-bond donors (Lipinski definition) is 2. The zero-order chi connectivity index (χ0) is 13.7. The Morgan fingerprint density at radius 1 is 1.44 bits per heavy atom. The van der Waals surface area contributed by atoms with Crippen LogP contribution >= 0.6 is 0 Å². The Hall–Kier alpha value is -1.53. The van der Waals surface area contributed by atoms with E-state index in [0.717, 1.165) is 12.1 Å².